The first-order valence-electron chi connectivity index (χ1n) is 9.17. The van der Waals surface area contributed by atoms with Gasteiger partial charge in [0.05, 0.1) is 6.61 Å². The van der Waals surface area contributed by atoms with Crippen molar-refractivity contribution in [1.82, 2.24) is 15.1 Å². The Morgan fingerprint density at radius 1 is 1.04 bits per heavy atom. The molecule has 4 heteroatoms. The van der Waals surface area contributed by atoms with Crippen LogP contribution in [0.3, 0.4) is 0 Å². The largest absolute Gasteiger partial charge is 0.494 e. The fourth-order valence-corrected chi connectivity index (χ4v) is 2.96. The van der Waals surface area contributed by atoms with E-state index < -0.39 is 0 Å². The molecule has 1 saturated heterocycles. The number of aryl methyl sites for hydroxylation is 1. The highest BCUT2D eigenvalue weighted by atomic mass is 16.5. The lowest BCUT2D eigenvalue weighted by Crippen LogP contribution is -2.47. The minimum Gasteiger partial charge on any atom is -0.494 e. The first kappa shape index (κ1) is 18.8. The number of piperazine rings is 1. The second-order valence-electron chi connectivity index (χ2n) is 6.69. The average Bonchev–Trinajstić information content (AvgIpc) is 2.61. The highest BCUT2D eigenvalue weighted by molar-refractivity contribution is 5.26. The van der Waals surface area contributed by atoms with Gasteiger partial charge in [0.25, 0.3) is 0 Å². The molecule has 1 N–H and O–H groups in total. The van der Waals surface area contributed by atoms with E-state index in [1.54, 1.807) is 0 Å². The molecule has 1 heterocycles. The molecule has 1 aliphatic rings. The molecule has 1 aromatic rings. The Kier molecular flexibility index (Phi) is 8.13. The van der Waals surface area contributed by atoms with E-state index >= 15 is 0 Å². The third kappa shape index (κ3) is 6.93. The Morgan fingerprint density at radius 2 is 1.71 bits per heavy atom. The summed E-state index contributed by atoms with van der Waals surface area (Å²) in [5.74, 6) is 0.986. The number of rotatable bonds is 10. The van der Waals surface area contributed by atoms with Crippen LogP contribution in [0.15, 0.2) is 36.5 Å². The molecule has 0 amide bonds. The molecule has 0 aliphatic carbocycles. The van der Waals surface area contributed by atoms with Gasteiger partial charge < -0.3 is 15.0 Å². The van der Waals surface area contributed by atoms with Crippen molar-refractivity contribution in [2.75, 3.05) is 52.9 Å². The van der Waals surface area contributed by atoms with Crippen LogP contribution in [0.5, 0.6) is 5.75 Å². The van der Waals surface area contributed by atoms with Gasteiger partial charge in [0.1, 0.15) is 5.75 Å². The lowest BCUT2D eigenvalue weighted by molar-refractivity contribution is 0.137. The van der Waals surface area contributed by atoms with Crippen LogP contribution in [0.4, 0.5) is 0 Å². The Bertz CT molecular complexity index is 478. The number of unbranched alkanes of at least 4 members (excludes halogenated alkanes) is 2. The SMILES string of the molecule is C=C(CN1CCN(CCCCCOc2ccc(C)cc2)CC1)NC. The zero-order chi connectivity index (χ0) is 17.2. The van der Waals surface area contributed by atoms with Gasteiger partial charge in [0.15, 0.2) is 0 Å². The Morgan fingerprint density at radius 3 is 2.38 bits per heavy atom. The van der Waals surface area contributed by atoms with Crippen LogP contribution in [0.2, 0.25) is 0 Å². The van der Waals surface area contributed by atoms with E-state index in [1.807, 2.05) is 7.05 Å². The monoisotopic (exact) mass is 331 g/mol. The summed E-state index contributed by atoms with van der Waals surface area (Å²) in [6.45, 7) is 13.8. The minimum absolute atomic E-state index is 0.822. The molecule has 0 spiro atoms. The number of likely N-dealkylation sites (N-methyl/N-ethyl adjacent to an activating group) is 1. The van der Waals surface area contributed by atoms with E-state index in [2.05, 4.69) is 52.9 Å². The van der Waals surface area contributed by atoms with Crippen molar-refractivity contribution >= 4 is 0 Å². The van der Waals surface area contributed by atoms with E-state index in [0.29, 0.717) is 0 Å². The van der Waals surface area contributed by atoms with E-state index in [4.69, 9.17) is 4.74 Å². The fourth-order valence-electron chi connectivity index (χ4n) is 2.96. The molecule has 2 rings (SSSR count). The molecule has 1 aliphatic heterocycles. The molecule has 0 unspecified atom stereocenters. The highest BCUT2D eigenvalue weighted by Gasteiger charge is 2.16. The maximum absolute atomic E-state index is 5.78. The second kappa shape index (κ2) is 10.4. The molecule has 0 aromatic heterocycles. The first-order valence-corrected chi connectivity index (χ1v) is 9.17. The van der Waals surface area contributed by atoms with Crippen LogP contribution in [-0.2, 0) is 0 Å². The first-order chi connectivity index (χ1) is 11.7. The van der Waals surface area contributed by atoms with Crippen molar-refractivity contribution in [3.05, 3.63) is 42.1 Å². The van der Waals surface area contributed by atoms with Crippen molar-refractivity contribution in [2.24, 2.45) is 0 Å². The van der Waals surface area contributed by atoms with Crippen molar-refractivity contribution < 1.29 is 4.74 Å². The van der Waals surface area contributed by atoms with Crippen molar-refractivity contribution in [2.45, 2.75) is 26.2 Å². The zero-order valence-corrected chi connectivity index (χ0v) is 15.4. The molecule has 0 atom stereocenters. The summed E-state index contributed by atoms with van der Waals surface area (Å²) in [6, 6.07) is 8.30. The smallest absolute Gasteiger partial charge is 0.119 e. The van der Waals surface area contributed by atoms with Gasteiger partial charge in [-0.15, -0.1) is 0 Å². The van der Waals surface area contributed by atoms with Crippen LogP contribution >= 0.6 is 0 Å². The maximum atomic E-state index is 5.78. The van der Waals surface area contributed by atoms with Gasteiger partial charge in [-0.25, -0.2) is 0 Å². The van der Waals surface area contributed by atoms with Gasteiger partial charge >= 0.3 is 0 Å². The molecule has 134 valence electrons. The predicted octanol–water partition coefficient (Wildman–Crippen LogP) is 2.89. The number of nitrogens with one attached hydrogen (secondary N) is 1. The normalized spacial score (nSPS) is 16.1. The molecule has 0 radical (unpaired) electrons. The van der Waals surface area contributed by atoms with Gasteiger partial charge in [0, 0.05) is 45.5 Å². The lowest BCUT2D eigenvalue weighted by Gasteiger charge is -2.35. The summed E-state index contributed by atoms with van der Waals surface area (Å²) < 4.78 is 5.78. The number of benzene rings is 1. The van der Waals surface area contributed by atoms with Crippen molar-refractivity contribution in [1.29, 1.82) is 0 Å². The standard InChI is InChI=1S/C20H33N3O/c1-18-7-9-20(10-8-18)24-16-6-4-5-11-22-12-14-23(15-13-22)17-19(2)21-3/h7-10,21H,2,4-6,11-17H2,1,3H3. The summed E-state index contributed by atoms with van der Waals surface area (Å²) in [6.07, 6.45) is 3.64. The number of nitrogens with zero attached hydrogens (tertiary/aromatic N) is 2. The van der Waals surface area contributed by atoms with Gasteiger partial charge in [-0.2, -0.15) is 0 Å². The lowest BCUT2D eigenvalue weighted by atomic mass is 10.2. The Labute approximate surface area is 147 Å². The summed E-state index contributed by atoms with van der Waals surface area (Å²) in [5, 5.41) is 3.13. The summed E-state index contributed by atoms with van der Waals surface area (Å²) in [7, 11) is 1.95. The molecule has 1 fully saturated rings. The van der Waals surface area contributed by atoms with Crippen LogP contribution < -0.4 is 10.1 Å². The van der Waals surface area contributed by atoms with E-state index in [9.17, 15) is 0 Å². The molecule has 24 heavy (non-hydrogen) atoms. The summed E-state index contributed by atoms with van der Waals surface area (Å²) in [4.78, 5) is 5.06. The fraction of sp³-hybridized carbons (Fsp3) is 0.600. The molecule has 0 saturated carbocycles. The van der Waals surface area contributed by atoms with Crippen LogP contribution in [-0.4, -0.2) is 62.7 Å². The maximum Gasteiger partial charge on any atom is 0.119 e. The third-order valence-electron chi connectivity index (χ3n) is 4.64. The highest BCUT2D eigenvalue weighted by Crippen LogP contribution is 2.12. The zero-order valence-electron chi connectivity index (χ0n) is 15.4. The minimum atomic E-state index is 0.822. The van der Waals surface area contributed by atoms with Gasteiger partial charge in [-0.05, 0) is 44.9 Å². The number of ether oxygens (including phenoxy) is 1. The van der Waals surface area contributed by atoms with Crippen LogP contribution in [0.1, 0.15) is 24.8 Å². The van der Waals surface area contributed by atoms with E-state index in [1.165, 1.54) is 38.0 Å². The van der Waals surface area contributed by atoms with Crippen LogP contribution in [0.25, 0.3) is 0 Å². The van der Waals surface area contributed by atoms with Crippen molar-refractivity contribution in [3.8, 4) is 5.75 Å². The van der Waals surface area contributed by atoms with E-state index in [-0.39, 0.29) is 0 Å². The third-order valence-corrected chi connectivity index (χ3v) is 4.64. The molecule has 4 nitrogen and oxygen atoms in total. The molecular weight excluding hydrogens is 298 g/mol. The van der Waals surface area contributed by atoms with E-state index in [0.717, 1.165) is 44.1 Å². The molecule has 0 bridgehead atoms. The summed E-state index contributed by atoms with van der Waals surface area (Å²) >= 11 is 0. The number of hydrogen-bond donors (Lipinski definition) is 1. The quantitative estimate of drug-likeness (QED) is 0.667. The summed E-state index contributed by atoms with van der Waals surface area (Å²) in [5.41, 5.74) is 2.38. The predicted molar refractivity (Wildman–Crippen MR) is 102 cm³/mol. The Hall–Kier alpha value is -1.52. The van der Waals surface area contributed by atoms with Gasteiger partial charge in [-0.3, -0.25) is 4.90 Å². The van der Waals surface area contributed by atoms with Crippen LogP contribution in [0, 0.1) is 6.92 Å². The topological polar surface area (TPSA) is 27.7 Å². The number of hydrogen-bond acceptors (Lipinski definition) is 4. The molecular formula is C20H33N3O. The second-order valence-corrected chi connectivity index (χ2v) is 6.69. The van der Waals surface area contributed by atoms with Crippen molar-refractivity contribution in [3.63, 3.8) is 0 Å². The average molecular weight is 332 g/mol. The molecule has 1 aromatic carbocycles. The Balaban J connectivity index is 1.48. The van der Waals surface area contributed by atoms with Gasteiger partial charge in [0.2, 0.25) is 0 Å². The van der Waals surface area contributed by atoms with Gasteiger partial charge in [-0.1, -0.05) is 24.3 Å².